The Morgan fingerprint density at radius 1 is 1.56 bits per heavy atom. The van der Waals surface area contributed by atoms with E-state index in [-0.39, 0.29) is 12.2 Å². The minimum absolute atomic E-state index is 0.121. The Kier molecular flexibility index (Phi) is 4.25. The second-order valence-corrected chi connectivity index (χ2v) is 3.26. The zero-order chi connectivity index (χ0) is 12.1. The lowest BCUT2D eigenvalue weighted by atomic mass is 10.1. The SMILES string of the molecule is CCOc1ccc(CC(O)C(=O)O)cc1F. The molecule has 0 aliphatic heterocycles. The minimum atomic E-state index is -1.52. The van der Waals surface area contributed by atoms with Gasteiger partial charge in [-0.15, -0.1) is 0 Å². The molecule has 1 rings (SSSR count). The van der Waals surface area contributed by atoms with Crippen molar-refractivity contribution in [1.29, 1.82) is 0 Å². The molecule has 0 aromatic heterocycles. The summed E-state index contributed by atoms with van der Waals surface area (Å²) in [4.78, 5) is 10.4. The summed E-state index contributed by atoms with van der Waals surface area (Å²) in [5.74, 6) is -1.76. The smallest absolute Gasteiger partial charge is 0.332 e. The Labute approximate surface area is 92.3 Å². The van der Waals surface area contributed by atoms with E-state index in [4.69, 9.17) is 14.9 Å². The Morgan fingerprint density at radius 3 is 2.75 bits per heavy atom. The normalized spacial score (nSPS) is 12.2. The van der Waals surface area contributed by atoms with Crippen LogP contribution in [0.5, 0.6) is 5.75 Å². The lowest BCUT2D eigenvalue weighted by molar-refractivity contribution is -0.146. The first-order valence-electron chi connectivity index (χ1n) is 4.86. The van der Waals surface area contributed by atoms with E-state index in [0.29, 0.717) is 12.2 Å². The molecule has 0 fully saturated rings. The molecule has 16 heavy (non-hydrogen) atoms. The summed E-state index contributed by atoms with van der Waals surface area (Å²) in [5.41, 5.74) is 0.413. The van der Waals surface area contributed by atoms with Crippen LogP contribution in [-0.2, 0) is 11.2 Å². The summed E-state index contributed by atoms with van der Waals surface area (Å²) < 4.78 is 18.3. The fourth-order valence-electron chi connectivity index (χ4n) is 1.25. The third-order valence-corrected chi connectivity index (χ3v) is 2.01. The van der Waals surface area contributed by atoms with Crippen molar-refractivity contribution in [1.82, 2.24) is 0 Å². The molecule has 0 amide bonds. The molecular weight excluding hydrogens is 215 g/mol. The predicted octanol–water partition coefficient (Wildman–Crippen LogP) is 1.21. The Bertz CT molecular complexity index is 378. The van der Waals surface area contributed by atoms with Crippen LogP contribution in [0.4, 0.5) is 4.39 Å². The highest BCUT2D eigenvalue weighted by molar-refractivity contribution is 5.72. The minimum Gasteiger partial charge on any atom is -0.491 e. The summed E-state index contributed by atoms with van der Waals surface area (Å²) in [6.07, 6.45) is -1.64. The summed E-state index contributed by atoms with van der Waals surface area (Å²) in [6, 6.07) is 4.11. The number of ether oxygens (including phenoxy) is 1. The van der Waals surface area contributed by atoms with Crippen molar-refractivity contribution in [3.8, 4) is 5.75 Å². The maximum Gasteiger partial charge on any atom is 0.332 e. The lowest BCUT2D eigenvalue weighted by Gasteiger charge is -2.08. The van der Waals surface area contributed by atoms with Gasteiger partial charge in [0.05, 0.1) is 6.61 Å². The van der Waals surface area contributed by atoms with Crippen LogP contribution in [0.15, 0.2) is 18.2 Å². The first-order chi connectivity index (χ1) is 7.54. The van der Waals surface area contributed by atoms with Gasteiger partial charge in [-0.25, -0.2) is 9.18 Å². The number of rotatable bonds is 5. The van der Waals surface area contributed by atoms with Crippen LogP contribution >= 0.6 is 0 Å². The number of halogens is 1. The van der Waals surface area contributed by atoms with Crippen molar-refractivity contribution in [3.05, 3.63) is 29.6 Å². The predicted molar refractivity (Wildman–Crippen MR) is 54.9 cm³/mol. The highest BCUT2D eigenvalue weighted by atomic mass is 19.1. The van der Waals surface area contributed by atoms with Gasteiger partial charge in [-0.2, -0.15) is 0 Å². The van der Waals surface area contributed by atoms with Gasteiger partial charge in [0.1, 0.15) is 0 Å². The van der Waals surface area contributed by atoms with E-state index in [9.17, 15) is 9.18 Å². The number of carbonyl (C=O) groups is 1. The van der Waals surface area contributed by atoms with Crippen molar-refractivity contribution in [2.75, 3.05) is 6.61 Å². The number of hydrogen-bond donors (Lipinski definition) is 2. The van der Waals surface area contributed by atoms with Crippen LogP contribution in [0, 0.1) is 5.82 Å². The molecule has 0 aliphatic carbocycles. The Morgan fingerprint density at radius 2 is 2.25 bits per heavy atom. The van der Waals surface area contributed by atoms with Gasteiger partial charge < -0.3 is 14.9 Å². The van der Waals surface area contributed by atoms with E-state index in [2.05, 4.69) is 0 Å². The molecule has 0 spiro atoms. The third kappa shape index (κ3) is 3.20. The van der Waals surface area contributed by atoms with E-state index in [1.807, 2.05) is 0 Å². The van der Waals surface area contributed by atoms with Gasteiger partial charge in [0.25, 0.3) is 0 Å². The highest BCUT2D eigenvalue weighted by Crippen LogP contribution is 2.19. The first kappa shape index (κ1) is 12.4. The second-order valence-electron chi connectivity index (χ2n) is 3.26. The molecule has 88 valence electrons. The topological polar surface area (TPSA) is 66.8 Å². The third-order valence-electron chi connectivity index (χ3n) is 2.01. The number of carboxylic acid groups (broad SMARTS) is 1. The highest BCUT2D eigenvalue weighted by Gasteiger charge is 2.14. The van der Waals surface area contributed by atoms with E-state index >= 15 is 0 Å². The number of aliphatic hydroxyl groups excluding tert-OH is 1. The van der Waals surface area contributed by atoms with Crippen LogP contribution in [0.3, 0.4) is 0 Å². The van der Waals surface area contributed by atoms with Crippen LogP contribution in [-0.4, -0.2) is 28.9 Å². The van der Waals surface area contributed by atoms with Crippen LogP contribution < -0.4 is 4.74 Å². The van der Waals surface area contributed by atoms with Gasteiger partial charge in [0, 0.05) is 6.42 Å². The molecule has 0 aliphatic rings. The van der Waals surface area contributed by atoms with Crippen molar-refractivity contribution in [2.45, 2.75) is 19.4 Å². The average molecular weight is 228 g/mol. The van der Waals surface area contributed by atoms with Gasteiger partial charge in [-0.05, 0) is 24.6 Å². The van der Waals surface area contributed by atoms with Gasteiger partial charge in [-0.1, -0.05) is 6.07 Å². The summed E-state index contributed by atoms with van der Waals surface area (Å²) in [6.45, 7) is 2.09. The molecule has 0 radical (unpaired) electrons. The molecule has 0 heterocycles. The second kappa shape index (κ2) is 5.46. The summed E-state index contributed by atoms with van der Waals surface area (Å²) >= 11 is 0. The molecule has 1 unspecified atom stereocenters. The number of benzene rings is 1. The maximum absolute atomic E-state index is 13.3. The quantitative estimate of drug-likeness (QED) is 0.795. The van der Waals surface area contributed by atoms with Crippen molar-refractivity contribution in [3.63, 3.8) is 0 Å². The average Bonchev–Trinajstić information content (AvgIpc) is 2.22. The first-order valence-corrected chi connectivity index (χ1v) is 4.86. The fraction of sp³-hybridized carbons (Fsp3) is 0.364. The number of carboxylic acids is 1. The van der Waals surface area contributed by atoms with Crippen molar-refractivity contribution >= 4 is 5.97 Å². The fourth-order valence-corrected chi connectivity index (χ4v) is 1.25. The molecule has 1 atom stereocenters. The van der Waals surface area contributed by atoms with Gasteiger partial charge in [0.2, 0.25) is 0 Å². The molecular formula is C11H13FO4. The molecule has 4 nitrogen and oxygen atoms in total. The Hall–Kier alpha value is -1.62. The van der Waals surface area contributed by atoms with E-state index in [0.717, 1.165) is 6.07 Å². The lowest BCUT2D eigenvalue weighted by Crippen LogP contribution is -2.22. The zero-order valence-corrected chi connectivity index (χ0v) is 8.81. The number of aliphatic hydroxyl groups is 1. The number of hydrogen-bond acceptors (Lipinski definition) is 3. The van der Waals surface area contributed by atoms with Gasteiger partial charge in [-0.3, -0.25) is 0 Å². The molecule has 0 saturated carbocycles. The maximum atomic E-state index is 13.3. The van der Waals surface area contributed by atoms with E-state index < -0.39 is 17.9 Å². The molecule has 5 heteroatoms. The molecule has 0 saturated heterocycles. The van der Waals surface area contributed by atoms with Crippen LogP contribution in [0.1, 0.15) is 12.5 Å². The largest absolute Gasteiger partial charge is 0.491 e. The number of aliphatic carboxylic acids is 1. The van der Waals surface area contributed by atoms with Gasteiger partial charge in [0.15, 0.2) is 17.7 Å². The van der Waals surface area contributed by atoms with Crippen molar-refractivity contribution < 1.29 is 24.1 Å². The van der Waals surface area contributed by atoms with E-state index in [1.165, 1.54) is 12.1 Å². The molecule has 1 aromatic rings. The van der Waals surface area contributed by atoms with Crippen molar-refractivity contribution in [2.24, 2.45) is 0 Å². The monoisotopic (exact) mass is 228 g/mol. The van der Waals surface area contributed by atoms with E-state index in [1.54, 1.807) is 6.92 Å². The summed E-state index contributed by atoms with van der Waals surface area (Å²) in [7, 11) is 0. The van der Waals surface area contributed by atoms with Gasteiger partial charge >= 0.3 is 5.97 Å². The zero-order valence-electron chi connectivity index (χ0n) is 8.81. The molecule has 1 aromatic carbocycles. The molecule has 0 bridgehead atoms. The standard InChI is InChI=1S/C11H13FO4/c1-2-16-10-4-3-7(5-8(10)12)6-9(13)11(14)15/h3-5,9,13H,2,6H2,1H3,(H,14,15). The summed E-state index contributed by atoms with van der Waals surface area (Å²) in [5, 5.41) is 17.6. The molecule has 2 N–H and O–H groups in total. The van der Waals surface area contributed by atoms with Crippen LogP contribution in [0.2, 0.25) is 0 Å². The Balaban J connectivity index is 2.77. The van der Waals surface area contributed by atoms with Crippen LogP contribution in [0.25, 0.3) is 0 Å².